The van der Waals surface area contributed by atoms with Crippen LogP contribution in [0.25, 0.3) is 0 Å². The maximum absolute atomic E-state index is 5.49. The Morgan fingerprint density at radius 2 is 1.85 bits per heavy atom. The zero-order valence-electron chi connectivity index (χ0n) is 21.5. The maximum atomic E-state index is 5.49. The number of benzene rings is 1. The van der Waals surface area contributed by atoms with Gasteiger partial charge >= 0.3 is 0 Å². The van der Waals surface area contributed by atoms with E-state index in [4.69, 9.17) is 14.5 Å². The van der Waals surface area contributed by atoms with E-state index in [1.54, 1.807) is 14.2 Å². The lowest BCUT2D eigenvalue weighted by molar-refractivity contribution is 0.303. The minimum Gasteiger partial charge on any atom is -0.493 e. The molecule has 2 rings (SSSR count). The van der Waals surface area contributed by atoms with E-state index >= 15 is 0 Å². The Balaban J connectivity index is 0.00000544. The average Bonchev–Trinajstić information content (AvgIpc) is 2.99. The zero-order valence-corrected chi connectivity index (χ0v) is 23.9. The highest BCUT2D eigenvalue weighted by atomic mass is 127. The van der Waals surface area contributed by atoms with E-state index in [1.165, 1.54) is 11.3 Å². The molecule has 186 valence electrons. The van der Waals surface area contributed by atoms with Gasteiger partial charge in [0.05, 0.1) is 32.5 Å². The Bertz CT molecular complexity index is 913. The monoisotopic (exact) mass is 572 g/mol. The molecule has 1 aromatic carbocycles. The predicted molar refractivity (Wildman–Crippen MR) is 146 cm³/mol. The standard InChI is InChI=1S/C24H40N6O2.HI/c1-10-25-24(27-16(2)13-20-17(3)28-30(7)18(20)4)26-15-21(29(5)6)19-11-12-22(31-8)23(14-19)32-9;/h11-12,14,16,21H,10,13,15H2,1-9H3,(H2,25,26,27);1H. The number of hydrogen-bond acceptors (Lipinski definition) is 5. The second-order valence-electron chi connectivity index (χ2n) is 8.34. The lowest BCUT2D eigenvalue weighted by atomic mass is 10.1. The summed E-state index contributed by atoms with van der Waals surface area (Å²) in [7, 11) is 9.42. The first-order valence-electron chi connectivity index (χ1n) is 11.1. The first kappa shape index (κ1) is 29.0. The van der Waals surface area contributed by atoms with Gasteiger partial charge in [-0.1, -0.05) is 6.07 Å². The smallest absolute Gasteiger partial charge is 0.191 e. The summed E-state index contributed by atoms with van der Waals surface area (Å²) in [5.41, 5.74) is 4.71. The molecule has 33 heavy (non-hydrogen) atoms. The number of halogens is 1. The molecule has 0 fully saturated rings. The fourth-order valence-electron chi connectivity index (χ4n) is 3.83. The van der Waals surface area contributed by atoms with E-state index in [1.807, 2.05) is 23.9 Å². The number of ether oxygens (including phenoxy) is 2. The Kier molecular flexibility index (Phi) is 12.0. The third-order valence-corrected chi connectivity index (χ3v) is 5.73. The first-order valence-corrected chi connectivity index (χ1v) is 11.1. The third-order valence-electron chi connectivity index (χ3n) is 5.73. The molecule has 2 N–H and O–H groups in total. The van der Waals surface area contributed by atoms with Crippen LogP contribution in [0.3, 0.4) is 0 Å². The Labute approximate surface area is 216 Å². The minimum atomic E-state index is 0. The molecular weight excluding hydrogens is 531 g/mol. The average molecular weight is 573 g/mol. The molecule has 1 aromatic heterocycles. The van der Waals surface area contributed by atoms with E-state index in [0.717, 1.165) is 41.7 Å². The molecule has 0 radical (unpaired) electrons. The van der Waals surface area contributed by atoms with Crippen LogP contribution in [0.4, 0.5) is 0 Å². The van der Waals surface area contributed by atoms with Crippen LogP contribution in [0.5, 0.6) is 11.5 Å². The largest absolute Gasteiger partial charge is 0.493 e. The fourth-order valence-corrected chi connectivity index (χ4v) is 3.83. The molecule has 0 aliphatic heterocycles. The number of nitrogens with one attached hydrogen (secondary N) is 2. The Morgan fingerprint density at radius 1 is 1.18 bits per heavy atom. The Morgan fingerprint density at radius 3 is 2.36 bits per heavy atom. The van der Waals surface area contributed by atoms with Crippen LogP contribution in [0.15, 0.2) is 23.2 Å². The fraction of sp³-hybridized carbons (Fsp3) is 0.583. The molecule has 0 aliphatic carbocycles. The van der Waals surface area contributed by atoms with Crippen molar-refractivity contribution in [2.75, 3.05) is 41.4 Å². The third kappa shape index (κ3) is 7.77. The molecule has 0 spiro atoms. The van der Waals surface area contributed by atoms with Crippen molar-refractivity contribution in [2.24, 2.45) is 12.0 Å². The number of aryl methyl sites for hydroxylation is 2. The zero-order chi connectivity index (χ0) is 23.8. The van der Waals surface area contributed by atoms with E-state index in [9.17, 15) is 0 Å². The molecule has 8 nitrogen and oxygen atoms in total. The normalized spacial score (nSPS) is 13.3. The number of methoxy groups -OCH3 is 2. The maximum Gasteiger partial charge on any atom is 0.191 e. The molecule has 2 aromatic rings. The molecule has 9 heteroatoms. The van der Waals surface area contributed by atoms with Crippen LogP contribution in [0.2, 0.25) is 0 Å². The molecular formula is C24H41IN6O2. The minimum absolute atomic E-state index is 0. The first-order chi connectivity index (χ1) is 15.2. The lowest BCUT2D eigenvalue weighted by Gasteiger charge is -2.25. The number of likely N-dealkylation sites (N-methyl/N-ethyl adjacent to an activating group) is 1. The van der Waals surface area contributed by atoms with Crippen LogP contribution in [-0.2, 0) is 13.5 Å². The predicted octanol–water partition coefficient (Wildman–Crippen LogP) is 3.46. The SMILES string of the molecule is CCNC(=NCC(c1ccc(OC)c(OC)c1)N(C)C)NC(C)Cc1c(C)nn(C)c1C.I. The van der Waals surface area contributed by atoms with E-state index in [-0.39, 0.29) is 36.1 Å². The topological polar surface area (TPSA) is 75.9 Å². The van der Waals surface area contributed by atoms with Gasteiger partial charge in [0.15, 0.2) is 17.5 Å². The molecule has 0 saturated carbocycles. The van der Waals surface area contributed by atoms with Gasteiger partial charge in [-0.25, -0.2) is 0 Å². The molecule has 1 heterocycles. The highest BCUT2D eigenvalue weighted by molar-refractivity contribution is 14.0. The summed E-state index contributed by atoms with van der Waals surface area (Å²) in [6.45, 7) is 9.85. The molecule has 0 saturated heterocycles. The van der Waals surface area contributed by atoms with Gasteiger partial charge in [0.25, 0.3) is 0 Å². The van der Waals surface area contributed by atoms with Crippen molar-refractivity contribution in [1.82, 2.24) is 25.3 Å². The van der Waals surface area contributed by atoms with Crippen molar-refractivity contribution in [1.29, 1.82) is 0 Å². The van der Waals surface area contributed by atoms with Crippen molar-refractivity contribution >= 4 is 29.9 Å². The van der Waals surface area contributed by atoms with Crippen LogP contribution in [0, 0.1) is 13.8 Å². The second-order valence-corrected chi connectivity index (χ2v) is 8.34. The van der Waals surface area contributed by atoms with Gasteiger partial charge in [0.2, 0.25) is 0 Å². The number of hydrogen-bond donors (Lipinski definition) is 2. The van der Waals surface area contributed by atoms with Gasteiger partial charge < -0.3 is 25.0 Å². The molecule has 2 atom stereocenters. The molecule has 0 amide bonds. The summed E-state index contributed by atoms with van der Waals surface area (Å²) in [6, 6.07) is 6.35. The van der Waals surface area contributed by atoms with Gasteiger partial charge in [-0.15, -0.1) is 24.0 Å². The van der Waals surface area contributed by atoms with Crippen LogP contribution >= 0.6 is 24.0 Å². The summed E-state index contributed by atoms with van der Waals surface area (Å²) in [5.74, 6) is 2.26. The van der Waals surface area contributed by atoms with Crippen LogP contribution in [-0.4, -0.2) is 68.1 Å². The number of nitrogens with zero attached hydrogens (tertiary/aromatic N) is 4. The van der Waals surface area contributed by atoms with Crippen molar-refractivity contribution in [3.8, 4) is 11.5 Å². The second kappa shape index (κ2) is 13.6. The number of aliphatic imine (C=N–C) groups is 1. The van der Waals surface area contributed by atoms with Gasteiger partial charge in [-0.2, -0.15) is 5.10 Å². The summed E-state index contributed by atoms with van der Waals surface area (Å²) in [4.78, 5) is 7.07. The molecule has 2 unspecified atom stereocenters. The van der Waals surface area contributed by atoms with E-state index in [2.05, 4.69) is 68.5 Å². The summed E-state index contributed by atoms with van der Waals surface area (Å²) >= 11 is 0. The van der Waals surface area contributed by atoms with Gasteiger partial charge in [0.1, 0.15) is 0 Å². The quantitative estimate of drug-likeness (QED) is 0.258. The molecule has 0 bridgehead atoms. The van der Waals surface area contributed by atoms with Gasteiger partial charge in [-0.05, 0) is 71.5 Å². The van der Waals surface area contributed by atoms with Crippen molar-refractivity contribution in [3.05, 3.63) is 40.7 Å². The van der Waals surface area contributed by atoms with Crippen molar-refractivity contribution < 1.29 is 9.47 Å². The van der Waals surface area contributed by atoms with Crippen molar-refractivity contribution in [2.45, 2.75) is 46.2 Å². The highest BCUT2D eigenvalue weighted by Gasteiger charge is 2.18. The summed E-state index contributed by atoms with van der Waals surface area (Å²) < 4.78 is 12.8. The van der Waals surface area contributed by atoms with Crippen LogP contribution < -0.4 is 20.1 Å². The number of guanidine groups is 1. The Hall–Kier alpha value is -2.01. The summed E-state index contributed by atoms with van der Waals surface area (Å²) in [5, 5.41) is 11.5. The van der Waals surface area contributed by atoms with E-state index < -0.39 is 0 Å². The highest BCUT2D eigenvalue weighted by Crippen LogP contribution is 2.31. The summed E-state index contributed by atoms with van der Waals surface area (Å²) in [6.07, 6.45) is 0.892. The van der Waals surface area contributed by atoms with Crippen LogP contribution in [0.1, 0.15) is 42.4 Å². The van der Waals surface area contributed by atoms with Gasteiger partial charge in [0, 0.05) is 25.3 Å². The number of aromatic nitrogens is 2. The van der Waals surface area contributed by atoms with E-state index in [0.29, 0.717) is 6.54 Å². The van der Waals surface area contributed by atoms with Crippen molar-refractivity contribution in [3.63, 3.8) is 0 Å². The lowest BCUT2D eigenvalue weighted by Crippen LogP contribution is -2.43. The molecule has 0 aliphatic rings. The number of rotatable bonds is 10. The van der Waals surface area contributed by atoms with Gasteiger partial charge in [-0.3, -0.25) is 9.67 Å².